The third-order valence-electron chi connectivity index (χ3n) is 1.75. The molecule has 0 bridgehead atoms. The van der Waals surface area contributed by atoms with Crippen molar-refractivity contribution in [1.82, 2.24) is 5.32 Å². The van der Waals surface area contributed by atoms with Crippen LogP contribution >= 0.6 is 0 Å². The molecule has 0 unspecified atom stereocenters. The molecule has 0 atom stereocenters. The van der Waals surface area contributed by atoms with Crippen LogP contribution in [0.3, 0.4) is 0 Å². The summed E-state index contributed by atoms with van der Waals surface area (Å²) in [4.78, 5) is 21.8. The number of nitrogens with one attached hydrogen (secondary N) is 1. The molecule has 72 valence electrons. The fourth-order valence-corrected chi connectivity index (χ4v) is 1.05. The van der Waals surface area contributed by atoms with Crippen LogP contribution < -0.4 is 5.32 Å². The standard InChI is InChI=1S/C8H11NO4/c1-12-7(13-2)4-5-3-6(10)9-8(5)11/h3,7H,4H2,1-2H3,(H,9,10,11). The number of carbonyl (C=O) groups is 2. The number of imide groups is 1. The fraction of sp³-hybridized carbons (Fsp3) is 0.500. The topological polar surface area (TPSA) is 64.6 Å². The Morgan fingerprint density at radius 3 is 2.38 bits per heavy atom. The van der Waals surface area contributed by atoms with E-state index in [4.69, 9.17) is 9.47 Å². The van der Waals surface area contributed by atoms with E-state index < -0.39 is 6.29 Å². The molecule has 13 heavy (non-hydrogen) atoms. The van der Waals surface area contributed by atoms with Crippen molar-refractivity contribution in [3.05, 3.63) is 11.6 Å². The minimum absolute atomic E-state index is 0.282. The lowest BCUT2D eigenvalue weighted by molar-refractivity contribution is -0.125. The first-order valence-corrected chi connectivity index (χ1v) is 3.79. The third-order valence-corrected chi connectivity index (χ3v) is 1.75. The van der Waals surface area contributed by atoms with Crippen molar-refractivity contribution >= 4 is 11.8 Å². The lowest BCUT2D eigenvalue weighted by Gasteiger charge is -2.12. The average molecular weight is 185 g/mol. The van der Waals surface area contributed by atoms with Crippen LogP contribution in [0.25, 0.3) is 0 Å². The summed E-state index contributed by atoms with van der Waals surface area (Å²) in [6.45, 7) is 0. The highest BCUT2D eigenvalue weighted by atomic mass is 16.7. The number of hydrogen-bond donors (Lipinski definition) is 1. The van der Waals surface area contributed by atoms with Crippen LogP contribution in [0.4, 0.5) is 0 Å². The first-order valence-electron chi connectivity index (χ1n) is 3.79. The molecule has 0 saturated heterocycles. The lowest BCUT2D eigenvalue weighted by Crippen LogP contribution is -2.24. The Hall–Kier alpha value is -1.20. The van der Waals surface area contributed by atoms with Gasteiger partial charge in [-0.05, 0) is 0 Å². The van der Waals surface area contributed by atoms with Gasteiger partial charge >= 0.3 is 0 Å². The van der Waals surface area contributed by atoms with E-state index in [1.165, 1.54) is 20.3 Å². The summed E-state index contributed by atoms with van der Waals surface area (Å²) >= 11 is 0. The van der Waals surface area contributed by atoms with Crippen LogP contribution in [0.5, 0.6) is 0 Å². The van der Waals surface area contributed by atoms with Gasteiger partial charge in [-0.3, -0.25) is 14.9 Å². The van der Waals surface area contributed by atoms with E-state index in [1.54, 1.807) is 0 Å². The van der Waals surface area contributed by atoms with Crippen molar-refractivity contribution in [3.63, 3.8) is 0 Å². The molecule has 1 N–H and O–H groups in total. The molecule has 0 aliphatic carbocycles. The number of methoxy groups -OCH3 is 2. The van der Waals surface area contributed by atoms with Gasteiger partial charge in [-0.15, -0.1) is 0 Å². The van der Waals surface area contributed by atoms with Gasteiger partial charge in [0.15, 0.2) is 6.29 Å². The Kier molecular flexibility index (Phi) is 3.16. The fourth-order valence-electron chi connectivity index (χ4n) is 1.05. The highest BCUT2D eigenvalue weighted by Gasteiger charge is 2.23. The molecule has 0 radical (unpaired) electrons. The first kappa shape index (κ1) is 9.88. The van der Waals surface area contributed by atoms with Gasteiger partial charge in [0.25, 0.3) is 11.8 Å². The Morgan fingerprint density at radius 2 is 2.00 bits per heavy atom. The SMILES string of the molecule is COC(CC1=CC(=O)NC1=O)OC. The van der Waals surface area contributed by atoms with Gasteiger partial charge in [-0.1, -0.05) is 0 Å². The van der Waals surface area contributed by atoms with Gasteiger partial charge in [0, 0.05) is 32.3 Å². The van der Waals surface area contributed by atoms with Gasteiger partial charge < -0.3 is 9.47 Å². The van der Waals surface area contributed by atoms with Crippen molar-refractivity contribution in [3.8, 4) is 0 Å². The molecule has 0 aromatic rings. The molecule has 2 amide bonds. The average Bonchev–Trinajstić information content (AvgIpc) is 2.41. The van der Waals surface area contributed by atoms with Crippen molar-refractivity contribution < 1.29 is 19.1 Å². The van der Waals surface area contributed by atoms with E-state index in [-0.39, 0.29) is 18.2 Å². The monoisotopic (exact) mass is 185 g/mol. The van der Waals surface area contributed by atoms with Gasteiger partial charge in [0.2, 0.25) is 0 Å². The molecular formula is C8H11NO4. The Labute approximate surface area is 75.7 Å². The Bertz CT molecular complexity index is 255. The van der Waals surface area contributed by atoms with E-state index in [2.05, 4.69) is 5.32 Å². The normalized spacial score (nSPS) is 16.4. The number of ether oxygens (including phenoxy) is 2. The van der Waals surface area contributed by atoms with Gasteiger partial charge in [-0.25, -0.2) is 0 Å². The Morgan fingerprint density at radius 1 is 1.38 bits per heavy atom. The zero-order valence-corrected chi connectivity index (χ0v) is 7.49. The maximum absolute atomic E-state index is 11.0. The maximum atomic E-state index is 11.0. The molecular weight excluding hydrogens is 174 g/mol. The predicted molar refractivity (Wildman–Crippen MR) is 43.7 cm³/mol. The van der Waals surface area contributed by atoms with Crippen LogP contribution in [-0.2, 0) is 19.1 Å². The first-order chi connectivity index (χ1) is 6.17. The molecule has 5 heteroatoms. The van der Waals surface area contributed by atoms with E-state index in [9.17, 15) is 9.59 Å². The Balaban J connectivity index is 2.58. The van der Waals surface area contributed by atoms with Crippen molar-refractivity contribution in [2.45, 2.75) is 12.7 Å². The zero-order valence-electron chi connectivity index (χ0n) is 7.49. The maximum Gasteiger partial charge on any atom is 0.254 e. The second kappa shape index (κ2) is 4.15. The minimum atomic E-state index is -0.483. The third kappa shape index (κ3) is 2.37. The number of hydrogen-bond acceptors (Lipinski definition) is 4. The largest absolute Gasteiger partial charge is 0.356 e. The summed E-state index contributed by atoms with van der Waals surface area (Å²) < 4.78 is 9.78. The highest BCUT2D eigenvalue weighted by molar-refractivity contribution is 6.16. The summed E-state index contributed by atoms with van der Waals surface area (Å²) in [6.07, 6.45) is 1.06. The van der Waals surface area contributed by atoms with Crippen LogP contribution in [0.1, 0.15) is 6.42 Å². The molecule has 0 saturated carbocycles. The van der Waals surface area contributed by atoms with Crippen molar-refractivity contribution in [1.29, 1.82) is 0 Å². The smallest absolute Gasteiger partial charge is 0.254 e. The summed E-state index contributed by atoms with van der Waals surface area (Å²) in [5, 5.41) is 2.14. The molecule has 1 aliphatic rings. The van der Waals surface area contributed by atoms with Gasteiger partial charge in [-0.2, -0.15) is 0 Å². The molecule has 0 spiro atoms. The molecule has 5 nitrogen and oxygen atoms in total. The number of carbonyl (C=O) groups excluding carboxylic acids is 2. The zero-order chi connectivity index (χ0) is 9.84. The van der Waals surface area contributed by atoms with Gasteiger partial charge in [0.05, 0.1) is 0 Å². The van der Waals surface area contributed by atoms with Crippen molar-refractivity contribution in [2.75, 3.05) is 14.2 Å². The van der Waals surface area contributed by atoms with Gasteiger partial charge in [0.1, 0.15) is 0 Å². The van der Waals surface area contributed by atoms with Crippen LogP contribution in [0, 0.1) is 0 Å². The van der Waals surface area contributed by atoms with E-state index in [0.29, 0.717) is 5.57 Å². The van der Waals surface area contributed by atoms with Crippen LogP contribution in [0.15, 0.2) is 11.6 Å². The summed E-state index contributed by atoms with van der Waals surface area (Å²) in [5.41, 5.74) is 0.388. The quantitative estimate of drug-likeness (QED) is 0.477. The summed E-state index contributed by atoms with van der Waals surface area (Å²) in [6, 6.07) is 0. The summed E-state index contributed by atoms with van der Waals surface area (Å²) in [7, 11) is 2.95. The van der Waals surface area contributed by atoms with Crippen molar-refractivity contribution in [2.24, 2.45) is 0 Å². The molecule has 1 aliphatic heterocycles. The number of rotatable bonds is 4. The second-order valence-electron chi connectivity index (χ2n) is 2.59. The molecule has 1 heterocycles. The highest BCUT2D eigenvalue weighted by Crippen LogP contribution is 2.12. The molecule has 0 aromatic carbocycles. The molecule has 0 aromatic heterocycles. The minimum Gasteiger partial charge on any atom is -0.356 e. The van der Waals surface area contributed by atoms with E-state index in [1.807, 2.05) is 0 Å². The van der Waals surface area contributed by atoms with Crippen LogP contribution in [0.2, 0.25) is 0 Å². The number of amides is 2. The second-order valence-corrected chi connectivity index (χ2v) is 2.59. The summed E-state index contributed by atoms with van der Waals surface area (Å²) in [5.74, 6) is -0.755. The lowest BCUT2D eigenvalue weighted by atomic mass is 10.2. The molecule has 1 rings (SSSR count). The predicted octanol–water partition coefficient (Wildman–Crippen LogP) is -0.422. The van der Waals surface area contributed by atoms with Crippen LogP contribution in [-0.4, -0.2) is 32.3 Å². The molecule has 0 fully saturated rings. The van der Waals surface area contributed by atoms with E-state index >= 15 is 0 Å². The van der Waals surface area contributed by atoms with E-state index in [0.717, 1.165) is 0 Å².